The van der Waals surface area contributed by atoms with Gasteiger partial charge in [-0.25, -0.2) is 10.3 Å². The molecule has 4 rings (SSSR count). The number of carbonyl (C=O) groups excluding carboxylic acids is 2. The predicted molar refractivity (Wildman–Crippen MR) is 91.0 cm³/mol. The number of nitrogens with two attached hydrogens (primary N) is 1. The number of nitrogens with zero attached hydrogens (tertiary/aromatic N) is 3. The van der Waals surface area contributed by atoms with Crippen LogP contribution in [0.4, 0.5) is 4.79 Å². The highest BCUT2D eigenvalue weighted by atomic mass is 32.3. The highest BCUT2D eigenvalue weighted by molar-refractivity contribution is 7.80. The zero-order valence-corrected chi connectivity index (χ0v) is 15.4. The van der Waals surface area contributed by atoms with Gasteiger partial charge in [0.1, 0.15) is 6.04 Å². The first kappa shape index (κ1) is 19.0. The van der Waals surface area contributed by atoms with Crippen molar-refractivity contribution in [1.82, 2.24) is 20.4 Å². The van der Waals surface area contributed by atoms with Gasteiger partial charge in [0.2, 0.25) is 0 Å². The molecule has 152 valence electrons. The van der Waals surface area contributed by atoms with E-state index in [4.69, 9.17) is 15.1 Å². The largest absolute Gasteiger partial charge is 0.418 e. The fraction of sp³-hybridized carbons (Fsp3) is 0.533. The fourth-order valence-corrected chi connectivity index (χ4v) is 4.28. The van der Waals surface area contributed by atoms with Crippen LogP contribution in [0, 0.1) is 11.8 Å². The molecular weight excluding hydrogens is 394 g/mol. The van der Waals surface area contributed by atoms with Crippen molar-refractivity contribution < 1.29 is 31.7 Å². The Morgan fingerprint density at radius 2 is 2.21 bits per heavy atom. The number of nitrogens with one attached hydrogen (secondary N) is 1. The van der Waals surface area contributed by atoms with Crippen LogP contribution >= 0.6 is 0 Å². The van der Waals surface area contributed by atoms with E-state index in [0.717, 1.165) is 0 Å². The van der Waals surface area contributed by atoms with Crippen molar-refractivity contribution in [2.45, 2.75) is 24.5 Å². The molecule has 1 aromatic rings. The first-order valence-electron chi connectivity index (χ1n) is 8.61. The topological polar surface area (TPSA) is 164 Å². The monoisotopic (exact) mass is 413 g/mol. The summed E-state index contributed by atoms with van der Waals surface area (Å²) >= 11 is 0. The Kier molecular flexibility index (Phi) is 4.71. The number of urea groups is 1. The van der Waals surface area contributed by atoms with Crippen LogP contribution in [0.2, 0.25) is 0 Å². The van der Waals surface area contributed by atoms with E-state index in [1.54, 1.807) is 24.4 Å². The quantitative estimate of drug-likeness (QED) is 0.375. The molecule has 28 heavy (non-hydrogen) atoms. The number of aromatic nitrogens is 1. The molecular formula is C15H19N5O7S. The lowest BCUT2D eigenvalue weighted by Gasteiger charge is -2.28. The zero-order valence-electron chi connectivity index (χ0n) is 14.5. The number of piperidine rings is 1. The number of carbonyl (C=O) groups is 2. The minimum atomic E-state index is -4.84. The van der Waals surface area contributed by atoms with E-state index in [2.05, 4.69) is 14.7 Å². The number of amides is 3. The summed E-state index contributed by atoms with van der Waals surface area (Å²) in [6.45, 7) is 0.110. The Hall–Kier alpha value is -2.32. The molecule has 3 aliphatic rings. The standard InChI is InChI=1S/C15H19N5O7S/c16-10(11-3-1-2-4-17-11)7-26-18-14(21)13-9-5-8(9)12-6-19(13)15(22)20(12)27-28(23,24)25/h1-4,8-10,12-13H,5-7,16H2,(H,18,21)(H,23,24,25)/t8?,9?,10?,12-,13-/m0/s1. The smallest absolute Gasteiger partial charge is 0.321 e. The van der Waals surface area contributed by atoms with E-state index in [0.29, 0.717) is 17.2 Å². The van der Waals surface area contributed by atoms with Crippen molar-refractivity contribution in [3.8, 4) is 0 Å². The van der Waals surface area contributed by atoms with Crippen molar-refractivity contribution in [3.05, 3.63) is 30.1 Å². The second kappa shape index (κ2) is 6.93. The van der Waals surface area contributed by atoms with E-state index in [-0.39, 0.29) is 25.0 Å². The van der Waals surface area contributed by atoms with Crippen LogP contribution in [0.15, 0.2) is 24.4 Å². The molecule has 13 heteroatoms. The summed E-state index contributed by atoms with van der Waals surface area (Å²) in [6.07, 6.45) is 2.23. The normalized spacial score (nSPS) is 29.4. The second-order valence-electron chi connectivity index (χ2n) is 6.98. The number of hydrogen-bond donors (Lipinski definition) is 3. The van der Waals surface area contributed by atoms with E-state index in [9.17, 15) is 18.0 Å². The molecule has 1 aromatic heterocycles. The molecule has 0 radical (unpaired) electrons. The second-order valence-corrected chi connectivity index (χ2v) is 7.98. The molecule has 1 aliphatic carbocycles. The summed E-state index contributed by atoms with van der Waals surface area (Å²) < 4.78 is 35.2. The van der Waals surface area contributed by atoms with Gasteiger partial charge in [0.25, 0.3) is 5.91 Å². The first-order valence-corrected chi connectivity index (χ1v) is 9.98. The molecule has 2 saturated heterocycles. The predicted octanol–water partition coefficient (Wildman–Crippen LogP) is -1.01. The number of pyridine rings is 1. The maximum atomic E-state index is 12.6. The Labute approximate surface area is 160 Å². The lowest BCUT2D eigenvalue weighted by Crippen LogP contribution is -2.51. The Morgan fingerprint density at radius 1 is 1.43 bits per heavy atom. The van der Waals surface area contributed by atoms with Gasteiger partial charge in [-0.2, -0.15) is 13.5 Å². The van der Waals surface area contributed by atoms with Crippen LogP contribution in [0.3, 0.4) is 0 Å². The minimum Gasteiger partial charge on any atom is -0.321 e. The average Bonchev–Trinajstić information content (AvgIpc) is 3.40. The van der Waals surface area contributed by atoms with Crippen molar-refractivity contribution in [1.29, 1.82) is 0 Å². The van der Waals surface area contributed by atoms with Crippen molar-refractivity contribution in [2.75, 3.05) is 13.2 Å². The molecule has 12 nitrogen and oxygen atoms in total. The molecule has 2 bridgehead atoms. The highest BCUT2D eigenvalue weighted by Gasteiger charge is 2.65. The molecule has 3 unspecified atom stereocenters. The molecule has 3 heterocycles. The van der Waals surface area contributed by atoms with Crippen LogP contribution in [-0.4, -0.2) is 65.1 Å². The molecule has 4 N–H and O–H groups in total. The van der Waals surface area contributed by atoms with E-state index in [1.165, 1.54) is 4.90 Å². The number of rotatable bonds is 7. The molecule has 1 saturated carbocycles. The minimum absolute atomic E-state index is 0.0157. The summed E-state index contributed by atoms with van der Waals surface area (Å²) in [5.74, 6) is -0.747. The van der Waals surface area contributed by atoms with Gasteiger partial charge in [-0.1, -0.05) is 6.07 Å². The Balaban J connectivity index is 1.36. The third-order valence-electron chi connectivity index (χ3n) is 5.19. The van der Waals surface area contributed by atoms with Crippen LogP contribution in [0.5, 0.6) is 0 Å². The lowest BCUT2D eigenvalue weighted by molar-refractivity contribution is -0.139. The summed E-state index contributed by atoms with van der Waals surface area (Å²) in [5.41, 5.74) is 8.86. The van der Waals surface area contributed by atoms with Gasteiger partial charge in [-0.05, 0) is 30.4 Å². The van der Waals surface area contributed by atoms with Gasteiger partial charge in [0, 0.05) is 12.7 Å². The molecule has 0 spiro atoms. The summed E-state index contributed by atoms with van der Waals surface area (Å²) in [7, 11) is -4.84. The molecule has 5 atom stereocenters. The number of fused-ring (bicyclic) bond motifs is 4. The van der Waals surface area contributed by atoms with E-state index < -0.39 is 40.5 Å². The van der Waals surface area contributed by atoms with Gasteiger partial charge in [-0.3, -0.25) is 19.2 Å². The summed E-state index contributed by atoms with van der Waals surface area (Å²) in [5, 5.41) is 0.630. The van der Waals surface area contributed by atoms with Crippen LogP contribution in [0.25, 0.3) is 0 Å². The third kappa shape index (κ3) is 3.54. The molecule has 2 aliphatic heterocycles. The average molecular weight is 413 g/mol. The summed E-state index contributed by atoms with van der Waals surface area (Å²) in [4.78, 5) is 35.5. The Bertz CT molecular complexity index is 882. The van der Waals surface area contributed by atoms with Gasteiger partial charge in [0.05, 0.1) is 24.4 Å². The lowest BCUT2D eigenvalue weighted by atomic mass is 10.0. The summed E-state index contributed by atoms with van der Waals surface area (Å²) in [6, 6.07) is 2.60. The third-order valence-corrected chi connectivity index (χ3v) is 5.54. The van der Waals surface area contributed by atoms with Gasteiger partial charge < -0.3 is 10.6 Å². The molecule has 3 amide bonds. The fourth-order valence-electron chi connectivity index (χ4n) is 3.90. The zero-order chi connectivity index (χ0) is 20.1. The molecule has 0 aromatic carbocycles. The van der Waals surface area contributed by atoms with Crippen LogP contribution in [0.1, 0.15) is 18.2 Å². The maximum Gasteiger partial charge on any atom is 0.418 e. The van der Waals surface area contributed by atoms with Gasteiger partial charge in [0.15, 0.2) is 0 Å². The number of hydrogen-bond acceptors (Lipinski definition) is 8. The van der Waals surface area contributed by atoms with Crippen LogP contribution < -0.4 is 11.2 Å². The maximum absolute atomic E-state index is 12.6. The highest BCUT2D eigenvalue weighted by Crippen LogP contribution is 2.53. The van der Waals surface area contributed by atoms with Crippen molar-refractivity contribution in [2.24, 2.45) is 17.6 Å². The molecule has 3 fully saturated rings. The van der Waals surface area contributed by atoms with Crippen molar-refractivity contribution >= 4 is 22.3 Å². The van der Waals surface area contributed by atoms with Crippen molar-refractivity contribution in [3.63, 3.8) is 0 Å². The van der Waals surface area contributed by atoms with E-state index >= 15 is 0 Å². The van der Waals surface area contributed by atoms with Gasteiger partial charge in [-0.15, -0.1) is 4.28 Å². The first-order chi connectivity index (χ1) is 13.3. The number of hydroxylamine groups is 3. The Morgan fingerprint density at radius 3 is 2.89 bits per heavy atom. The van der Waals surface area contributed by atoms with Gasteiger partial charge >= 0.3 is 16.4 Å². The SMILES string of the molecule is NC(CONC(=O)[C@@H]1C2CC2[C@@H]2CN1C(=O)N2OS(=O)(=O)O)c1ccccn1. The van der Waals surface area contributed by atoms with Crippen LogP contribution in [-0.2, 0) is 24.3 Å². The van der Waals surface area contributed by atoms with E-state index in [1.807, 2.05) is 0 Å².